The van der Waals surface area contributed by atoms with E-state index in [9.17, 15) is 4.79 Å². The van der Waals surface area contributed by atoms with E-state index in [4.69, 9.17) is 23.1 Å². The predicted molar refractivity (Wildman–Crippen MR) is 96.6 cm³/mol. The predicted octanol–water partition coefficient (Wildman–Crippen LogP) is 1.99. The summed E-state index contributed by atoms with van der Waals surface area (Å²) in [6.45, 7) is 0. The monoisotopic (exact) mass is 353 g/mol. The number of hydrogen-bond donors (Lipinski definition) is 3. The molecular formula is C16H12ClN7O. The summed E-state index contributed by atoms with van der Waals surface area (Å²) in [6, 6.07) is 8.62. The Labute approximate surface area is 146 Å². The van der Waals surface area contributed by atoms with E-state index in [1.54, 1.807) is 36.5 Å². The van der Waals surface area contributed by atoms with Crippen LogP contribution in [0.1, 0.15) is 0 Å². The quantitative estimate of drug-likeness (QED) is 0.505. The van der Waals surface area contributed by atoms with E-state index < -0.39 is 0 Å². The van der Waals surface area contributed by atoms with Crippen LogP contribution >= 0.6 is 11.6 Å². The molecule has 0 bridgehead atoms. The van der Waals surface area contributed by atoms with E-state index in [2.05, 4.69) is 20.2 Å². The van der Waals surface area contributed by atoms with Gasteiger partial charge >= 0.3 is 0 Å². The second-order valence-electron chi connectivity index (χ2n) is 5.36. The van der Waals surface area contributed by atoms with Crippen molar-refractivity contribution in [2.24, 2.45) is 0 Å². The van der Waals surface area contributed by atoms with Gasteiger partial charge in [0.25, 0.3) is 5.56 Å². The van der Waals surface area contributed by atoms with Gasteiger partial charge in [-0.25, -0.2) is 9.97 Å². The molecule has 3 heterocycles. The molecule has 0 unspecified atom stereocenters. The number of aromatic nitrogens is 5. The van der Waals surface area contributed by atoms with Crippen molar-refractivity contribution in [2.75, 3.05) is 11.5 Å². The third-order valence-corrected chi connectivity index (χ3v) is 4.15. The standard InChI is InChI=1S/C16H12ClN7O/c17-9-3-1-2-4-11(9)24-6-8(10-5-12(18)21-7-20-10)14-13(16(24)25)15(19)23-22-14/h1-7H,(H2,18,20,21)(H3,19,22,23). The summed E-state index contributed by atoms with van der Waals surface area (Å²) in [4.78, 5) is 21.0. The van der Waals surface area contributed by atoms with Gasteiger partial charge < -0.3 is 11.5 Å². The zero-order valence-corrected chi connectivity index (χ0v) is 13.5. The second-order valence-corrected chi connectivity index (χ2v) is 5.76. The molecule has 5 N–H and O–H groups in total. The first kappa shape index (κ1) is 15.2. The van der Waals surface area contributed by atoms with Crippen LogP contribution in [-0.4, -0.2) is 24.7 Å². The minimum atomic E-state index is -0.333. The average Bonchev–Trinajstić information content (AvgIpc) is 2.99. The largest absolute Gasteiger partial charge is 0.384 e. The number of H-pyrrole nitrogens is 1. The maximum Gasteiger partial charge on any atom is 0.268 e. The topological polar surface area (TPSA) is 128 Å². The third-order valence-electron chi connectivity index (χ3n) is 3.83. The molecule has 0 amide bonds. The number of nitrogens with one attached hydrogen (secondary N) is 1. The lowest BCUT2D eigenvalue weighted by atomic mass is 10.1. The van der Waals surface area contributed by atoms with Gasteiger partial charge in [0.15, 0.2) is 5.82 Å². The van der Waals surface area contributed by atoms with Crippen LogP contribution in [0.15, 0.2) is 47.7 Å². The van der Waals surface area contributed by atoms with Crippen molar-refractivity contribution in [2.45, 2.75) is 0 Å². The summed E-state index contributed by atoms with van der Waals surface area (Å²) in [5, 5.41) is 7.43. The molecule has 0 saturated heterocycles. The highest BCUT2D eigenvalue weighted by Crippen LogP contribution is 2.29. The van der Waals surface area contributed by atoms with Crippen molar-refractivity contribution in [1.29, 1.82) is 0 Å². The van der Waals surface area contributed by atoms with E-state index in [1.165, 1.54) is 10.9 Å². The fraction of sp³-hybridized carbons (Fsp3) is 0. The number of hydrogen-bond acceptors (Lipinski definition) is 6. The summed E-state index contributed by atoms with van der Waals surface area (Å²) in [5.41, 5.74) is 13.5. The third kappa shape index (κ3) is 2.39. The lowest BCUT2D eigenvalue weighted by Crippen LogP contribution is -2.19. The van der Waals surface area contributed by atoms with Crippen LogP contribution in [0.4, 0.5) is 11.6 Å². The molecule has 3 aromatic heterocycles. The van der Waals surface area contributed by atoms with Crippen molar-refractivity contribution < 1.29 is 0 Å². The van der Waals surface area contributed by atoms with Crippen molar-refractivity contribution in [1.82, 2.24) is 24.7 Å². The molecule has 0 aliphatic heterocycles. The number of nitrogens with two attached hydrogens (primary N) is 2. The Kier molecular flexibility index (Phi) is 3.40. The minimum Gasteiger partial charge on any atom is -0.384 e. The van der Waals surface area contributed by atoms with Crippen LogP contribution in [-0.2, 0) is 0 Å². The molecule has 9 heteroatoms. The summed E-state index contributed by atoms with van der Waals surface area (Å²) >= 11 is 6.26. The molecule has 4 rings (SSSR count). The average molecular weight is 354 g/mol. The molecule has 0 saturated carbocycles. The zero-order chi connectivity index (χ0) is 17.6. The Bertz CT molecular complexity index is 1160. The molecule has 0 aliphatic carbocycles. The van der Waals surface area contributed by atoms with Crippen molar-refractivity contribution in [3.63, 3.8) is 0 Å². The molecule has 4 aromatic rings. The van der Waals surface area contributed by atoms with Crippen molar-refractivity contribution in [3.8, 4) is 16.9 Å². The Morgan fingerprint density at radius 3 is 2.72 bits per heavy atom. The molecule has 0 spiro atoms. The Balaban J connectivity index is 2.12. The van der Waals surface area contributed by atoms with Gasteiger partial charge in [-0.15, -0.1) is 0 Å². The number of nitrogens with zero attached hydrogens (tertiary/aromatic N) is 4. The Hall–Kier alpha value is -3.39. The second kappa shape index (κ2) is 5.60. The highest BCUT2D eigenvalue weighted by atomic mass is 35.5. The molecule has 124 valence electrons. The first-order valence-corrected chi connectivity index (χ1v) is 7.66. The van der Waals surface area contributed by atoms with E-state index in [1.807, 2.05) is 0 Å². The number of halogens is 1. The van der Waals surface area contributed by atoms with Gasteiger partial charge in [-0.1, -0.05) is 23.7 Å². The molecule has 0 atom stereocenters. The number of aromatic amines is 1. The van der Waals surface area contributed by atoms with Crippen LogP contribution in [0, 0.1) is 0 Å². The summed E-state index contributed by atoms with van der Waals surface area (Å²) in [5.74, 6) is 0.408. The van der Waals surface area contributed by atoms with Gasteiger partial charge in [-0.05, 0) is 12.1 Å². The van der Waals surface area contributed by atoms with Crippen molar-refractivity contribution in [3.05, 3.63) is 58.2 Å². The zero-order valence-electron chi connectivity index (χ0n) is 12.8. The van der Waals surface area contributed by atoms with Crippen LogP contribution in [0.25, 0.3) is 27.8 Å². The van der Waals surface area contributed by atoms with Crippen LogP contribution in [0.5, 0.6) is 0 Å². The Morgan fingerprint density at radius 2 is 1.96 bits per heavy atom. The summed E-state index contributed by atoms with van der Waals surface area (Å²) in [6.07, 6.45) is 2.98. The van der Waals surface area contributed by atoms with Crippen LogP contribution in [0.2, 0.25) is 5.02 Å². The van der Waals surface area contributed by atoms with E-state index in [0.717, 1.165) is 0 Å². The number of benzene rings is 1. The normalized spacial score (nSPS) is 11.1. The fourth-order valence-electron chi connectivity index (χ4n) is 2.68. The summed E-state index contributed by atoms with van der Waals surface area (Å²) < 4.78 is 1.42. The van der Waals surface area contributed by atoms with Gasteiger partial charge in [0, 0.05) is 17.8 Å². The number of para-hydroxylation sites is 1. The molecule has 0 radical (unpaired) electrons. The maximum atomic E-state index is 12.9. The van der Waals surface area contributed by atoms with Crippen LogP contribution in [0.3, 0.4) is 0 Å². The number of anilines is 2. The van der Waals surface area contributed by atoms with Gasteiger partial charge in [-0.2, -0.15) is 5.10 Å². The lowest BCUT2D eigenvalue weighted by molar-refractivity contribution is 1.01. The smallest absolute Gasteiger partial charge is 0.268 e. The maximum absolute atomic E-state index is 12.9. The number of pyridine rings is 1. The Morgan fingerprint density at radius 1 is 1.16 bits per heavy atom. The molecule has 0 aliphatic rings. The molecule has 25 heavy (non-hydrogen) atoms. The van der Waals surface area contributed by atoms with E-state index in [0.29, 0.717) is 33.3 Å². The molecule has 0 fully saturated rings. The molecule has 8 nitrogen and oxygen atoms in total. The molecule has 1 aromatic carbocycles. The van der Waals surface area contributed by atoms with E-state index in [-0.39, 0.29) is 16.8 Å². The van der Waals surface area contributed by atoms with Crippen molar-refractivity contribution >= 4 is 34.1 Å². The number of rotatable bonds is 2. The van der Waals surface area contributed by atoms with Gasteiger partial charge in [0.2, 0.25) is 0 Å². The lowest BCUT2D eigenvalue weighted by Gasteiger charge is -2.11. The van der Waals surface area contributed by atoms with E-state index >= 15 is 0 Å². The first-order chi connectivity index (χ1) is 12.1. The first-order valence-electron chi connectivity index (χ1n) is 7.28. The summed E-state index contributed by atoms with van der Waals surface area (Å²) in [7, 11) is 0. The van der Waals surface area contributed by atoms with Gasteiger partial charge in [-0.3, -0.25) is 14.5 Å². The number of nitrogen functional groups attached to an aromatic ring is 2. The van der Waals surface area contributed by atoms with Crippen LogP contribution < -0.4 is 17.0 Å². The highest BCUT2D eigenvalue weighted by molar-refractivity contribution is 6.32. The minimum absolute atomic E-state index is 0.102. The fourth-order valence-corrected chi connectivity index (χ4v) is 2.91. The van der Waals surface area contributed by atoms with Gasteiger partial charge in [0.1, 0.15) is 17.5 Å². The number of fused-ring (bicyclic) bond motifs is 1. The van der Waals surface area contributed by atoms with Gasteiger partial charge in [0.05, 0.1) is 21.9 Å². The molecular weight excluding hydrogens is 342 g/mol. The highest BCUT2D eigenvalue weighted by Gasteiger charge is 2.18. The SMILES string of the molecule is Nc1cc(-c2cn(-c3ccccc3Cl)c(=O)c3c(N)n[nH]c23)ncn1.